The minimum atomic E-state index is -0.598. The van der Waals surface area contributed by atoms with Crippen molar-refractivity contribution < 1.29 is 19.1 Å². The maximum absolute atomic E-state index is 13.4. The van der Waals surface area contributed by atoms with Crippen molar-refractivity contribution in [2.24, 2.45) is 0 Å². The van der Waals surface area contributed by atoms with Crippen molar-refractivity contribution in [3.8, 4) is 11.5 Å². The first-order valence-electron chi connectivity index (χ1n) is 11.8. The number of carbonyl (C=O) groups is 2. The Bertz CT molecular complexity index is 946. The Morgan fingerprint density at radius 3 is 2.24 bits per heavy atom. The van der Waals surface area contributed by atoms with Gasteiger partial charge >= 0.3 is 0 Å². The molecule has 0 radical (unpaired) electrons. The number of carbonyl (C=O) groups excluding carboxylic acids is 2. The lowest BCUT2D eigenvalue weighted by molar-refractivity contribution is -0.143. The predicted molar refractivity (Wildman–Crippen MR) is 139 cm³/mol. The van der Waals surface area contributed by atoms with Crippen LogP contribution in [0.25, 0.3) is 0 Å². The molecular weight excluding hydrogens is 496 g/mol. The summed E-state index contributed by atoms with van der Waals surface area (Å²) < 4.78 is 11.9. The fraction of sp³-hybridized carbons (Fsp3) is 0.481. The molecule has 2 rings (SSSR count). The Hall–Kier alpha value is -2.54. The first-order valence-corrected chi connectivity index (χ1v) is 12.6. The van der Waals surface area contributed by atoms with E-state index in [0.29, 0.717) is 24.6 Å². The highest BCUT2D eigenvalue weighted by molar-refractivity contribution is 9.10. The minimum absolute atomic E-state index is 0.0335. The Kier molecular flexibility index (Phi) is 10.9. The van der Waals surface area contributed by atoms with Gasteiger partial charge < -0.3 is 19.7 Å². The van der Waals surface area contributed by atoms with Gasteiger partial charge in [-0.3, -0.25) is 9.59 Å². The van der Waals surface area contributed by atoms with Crippen LogP contribution < -0.4 is 14.8 Å². The van der Waals surface area contributed by atoms with Crippen LogP contribution >= 0.6 is 15.9 Å². The second kappa shape index (κ2) is 13.4. The third-order valence-electron chi connectivity index (χ3n) is 5.87. The molecule has 34 heavy (non-hydrogen) atoms. The number of hydrogen-bond acceptors (Lipinski definition) is 4. The van der Waals surface area contributed by atoms with E-state index in [0.717, 1.165) is 22.2 Å². The van der Waals surface area contributed by atoms with Crippen LogP contribution in [0.15, 0.2) is 46.9 Å². The van der Waals surface area contributed by atoms with E-state index in [2.05, 4.69) is 35.1 Å². The van der Waals surface area contributed by atoms with E-state index in [1.165, 1.54) is 5.56 Å². The van der Waals surface area contributed by atoms with Crippen LogP contribution in [0.4, 0.5) is 0 Å². The molecule has 2 aromatic rings. The monoisotopic (exact) mass is 532 g/mol. The maximum atomic E-state index is 13.4. The largest absolute Gasteiger partial charge is 0.497 e. The summed E-state index contributed by atoms with van der Waals surface area (Å²) >= 11 is 3.54. The molecule has 0 heterocycles. The van der Waals surface area contributed by atoms with Crippen molar-refractivity contribution in [1.29, 1.82) is 0 Å². The fourth-order valence-corrected chi connectivity index (χ4v) is 4.01. The summed E-state index contributed by atoms with van der Waals surface area (Å²) in [7, 11) is 1.61. The zero-order valence-electron chi connectivity index (χ0n) is 21.1. The van der Waals surface area contributed by atoms with E-state index in [1.54, 1.807) is 12.0 Å². The van der Waals surface area contributed by atoms with Crippen molar-refractivity contribution >= 4 is 27.7 Å². The molecule has 2 atom stereocenters. The van der Waals surface area contributed by atoms with Gasteiger partial charge in [-0.15, -0.1) is 0 Å². The van der Waals surface area contributed by atoms with Gasteiger partial charge in [0.25, 0.3) is 5.91 Å². The van der Waals surface area contributed by atoms with E-state index in [1.807, 2.05) is 63.2 Å². The number of halogens is 1. The molecule has 1 N–H and O–H groups in total. The second-order valence-corrected chi connectivity index (χ2v) is 9.60. The van der Waals surface area contributed by atoms with Gasteiger partial charge in [0, 0.05) is 12.6 Å². The van der Waals surface area contributed by atoms with E-state index in [4.69, 9.17) is 9.47 Å². The quantitative estimate of drug-likeness (QED) is 0.381. The van der Waals surface area contributed by atoms with Crippen LogP contribution in [0.1, 0.15) is 64.5 Å². The Morgan fingerprint density at radius 1 is 1.03 bits per heavy atom. The fourth-order valence-electron chi connectivity index (χ4n) is 3.50. The number of amides is 2. The number of hydrogen-bond donors (Lipinski definition) is 1. The van der Waals surface area contributed by atoms with E-state index < -0.39 is 6.04 Å². The number of nitrogens with zero attached hydrogens (tertiary/aromatic N) is 1. The summed E-state index contributed by atoms with van der Waals surface area (Å²) in [6, 6.07) is 12.8. The molecule has 0 saturated carbocycles. The maximum Gasteiger partial charge on any atom is 0.261 e. The van der Waals surface area contributed by atoms with E-state index >= 15 is 0 Å². The summed E-state index contributed by atoms with van der Waals surface area (Å²) in [4.78, 5) is 28.0. The van der Waals surface area contributed by atoms with Crippen LogP contribution in [0.3, 0.4) is 0 Å². The lowest BCUT2D eigenvalue weighted by atomic mass is 10.0. The third-order valence-corrected chi connectivity index (χ3v) is 6.49. The number of ether oxygens (including phenoxy) is 2. The molecule has 2 aromatic carbocycles. The molecule has 186 valence electrons. The molecule has 0 aliphatic rings. The molecule has 2 amide bonds. The molecule has 0 aliphatic carbocycles. The normalized spacial score (nSPS) is 12.7. The first-order chi connectivity index (χ1) is 16.2. The van der Waals surface area contributed by atoms with Crippen LogP contribution in [-0.2, 0) is 16.1 Å². The molecule has 0 spiro atoms. The van der Waals surface area contributed by atoms with Crippen molar-refractivity contribution in [3.63, 3.8) is 0 Å². The molecule has 0 aliphatic heterocycles. The highest BCUT2D eigenvalue weighted by Crippen LogP contribution is 2.29. The molecule has 7 heteroatoms. The minimum Gasteiger partial charge on any atom is -0.497 e. The summed E-state index contributed by atoms with van der Waals surface area (Å²) in [6.45, 7) is 10.3. The predicted octanol–water partition coefficient (Wildman–Crippen LogP) is 5.68. The van der Waals surface area contributed by atoms with Gasteiger partial charge in [0.15, 0.2) is 6.61 Å². The van der Waals surface area contributed by atoms with Gasteiger partial charge in [-0.05, 0) is 77.0 Å². The van der Waals surface area contributed by atoms with Crippen molar-refractivity contribution in [3.05, 3.63) is 58.1 Å². The van der Waals surface area contributed by atoms with Crippen LogP contribution in [0.2, 0.25) is 0 Å². The standard InChI is InChI=1S/C27H37BrN2O4/c1-7-19(5)29-27(32)24(8-2)30(16-20-9-12-22(33-6)13-10-20)26(31)17-34-25-14-11-21(18(3)4)15-23(25)28/h9-15,18-19,24H,7-8,16-17H2,1-6H3,(H,29,32). The number of rotatable bonds is 12. The van der Waals surface area contributed by atoms with Gasteiger partial charge in [0.2, 0.25) is 5.91 Å². The average Bonchev–Trinajstić information content (AvgIpc) is 2.83. The SMILES string of the molecule is CCC(C)NC(=O)C(CC)N(Cc1ccc(OC)cc1)C(=O)COc1ccc(C(C)C)cc1Br. The molecular formula is C27H37BrN2O4. The van der Waals surface area contributed by atoms with Crippen LogP contribution in [-0.4, -0.2) is 42.5 Å². The van der Waals surface area contributed by atoms with Crippen molar-refractivity contribution in [1.82, 2.24) is 10.2 Å². The van der Waals surface area contributed by atoms with Crippen LogP contribution in [0, 0.1) is 0 Å². The second-order valence-electron chi connectivity index (χ2n) is 8.74. The summed E-state index contributed by atoms with van der Waals surface area (Å²) in [5.41, 5.74) is 2.09. The molecule has 0 fully saturated rings. The Labute approximate surface area is 212 Å². The highest BCUT2D eigenvalue weighted by Gasteiger charge is 2.29. The summed E-state index contributed by atoms with van der Waals surface area (Å²) in [5.74, 6) is 1.32. The lowest BCUT2D eigenvalue weighted by Crippen LogP contribution is -2.51. The van der Waals surface area contributed by atoms with Gasteiger partial charge in [-0.25, -0.2) is 0 Å². The zero-order valence-corrected chi connectivity index (χ0v) is 22.6. The van der Waals surface area contributed by atoms with Crippen molar-refractivity contribution in [2.45, 2.75) is 72.0 Å². The lowest BCUT2D eigenvalue weighted by Gasteiger charge is -2.31. The molecule has 0 aromatic heterocycles. The van der Waals surface area contributed by atoms with E-state index in [9.17, 15) is 9.59 Å². The number of benzene rings is 2. The van der Waals surface area contributed by atoms with Gasteiger partial charge in [0.1, 0.15) is 17.5 Å². The summed E-state index contributed by atoms with van der Waals surface area (Å²) in [5, 5.41) is 3.02. The van der Waals surface area contributed by atoms with Crippen molar-refractivity contribution in [2.75, 3.05) is 13.7 Å². The molecule has 2 unspecified atom stereocenters. The molecule has 0 saturated heterocycles. The zero-order chi connectivity index (χ0) is 25.3. The van der Waals surface area contributed by atoms with Gasteiger partial charge in [-0.1, -0.05) is 45.9 Å². The van der Waals surface area contributed by atoms with Gasteiger partial charge in [-0.2, -0.15) is 0 Å². The smallest absolute Gasteiger partial charge is 0.261 e. The number of nitrogens with one attached hydrogen (secondary N) is 1. The third kappa shape index (κ3) is 7.76. The first kappa shape index (κ1) is 27.7. The highest BCUT2D eigenvalue weighted by atomic mass is 79.9. The average molecular weight is 534 g/mol. The van der Waals surface area contributed by atoms with Crippen LogP contribution in [0.5, 0.6) is 11.5 Å². The topological polar surface area (TPSA) is 67.9 Å². The Balaban J connectivity index is 2.23. The Morgan fingerprint density at radius 2 is 1.71 bits per heavy atom. The number of methoxy groups -OCH3 is 1. The van der Waals surface area contributed by atoms with E-state index in [-0.39, 0.29) is 24.5 Å². The molecule has 0 bridgehead atoms. The van der Waals surface area contributed by atoms with Gasteiger partial charge in [0.05, 0.1) is 11.6 Å². The molecule has 6 nitrogen and oxygen atoms in total. The summed E-state index contributed by atoms with van der Waals surface area (Å²) in [6.07, 6.45) is 1.31.